The van der Waals surface area contributed by atoms with Crippen molar-refractivity contribution in [3.63, 3.8) is 0 Å². The van der Waals surface area contributed by atoms with Gasteiger partial charge < -0.3 is 19.5 Å². The van der Waals surface area contributed by atoms with Crippen LogP contribution in [0.3, 0.4) is 0 Å². The van der Waals surface area contributed by atoms with Gasteiger partial charge in [0.1, 0.15) is 5.75 Å². The highest BCUT2D eigenvalue weighted by atomic mass is 16.5. The van der Waals surface area contributed by atoms with Crippen LogP contribution in [0, 0.1) is 0 Å². The molecule has 2 heterocycles. The molecule has 1 amide bonds. The lowest BCUT2D eigenvalue weighted by atomic mass is 9.87. The Bertz CT molecular complexity index is 945. The summed E-state index contributed by atoms with van der Waals surface area (Å²) in [5.74, 6) is 0.627. The van der Waals surface area contributed by atoms with Gasteiger partial charge in [0, 0.05) is 38.7 Å². The Morgan fingerprint density at radius 2 is 1.94 bits per heavy atom. The molecular weight excluding hydrogens is 416 g/mol. The maximum Gasteiger partial charge on any atom is 0.253 e. The van der Waals surface area contributed by atoms with Crippen LogP contribution in [-0.2, 0) is 11.3 Å². The zero-order valence-electron chi connectivity index (χ0n) is 20.0. The molecule has 2 saturated heterocycles. The first-order chi connectivity index (χ1) is 15.9. The summed E-state index contributed by atoms with van der Waals surface area (Å²) in [4.78, 5) is 17.6. The number of hydrogen-bond acceptors (Lipinski definition) is 5. The minimum Gasteiger partial charge on any atom is -0.491 e. The summed E-state index contributed by atoms with van der Waals surface area (Å²) >= 11 is 0. The van der Waals surface area contributed by atoms with Gasteiger partial charge in [-0.15, -0.1) is 0 Å². The Morgan fingerprint density at radius 3 is 2.58 bits per heavy atom. The van der Waals surface area contributed by atoms with Crippen molar-refractivity contribution in [2.24, 2.45) is 0 Å². The summed E-state index contributed by atoms with van der Waals surface area (Å²) in [7, 11) is 0. The van der Waals surface area contributed by atoms with E-state index in [1.165, 1.54) is 5.56 Å². The van der Waals surface area contributed by atoms with Gasteiger partial charge in [-0.2, -0.15) is 0 Å². The number of carbonyl (C=O) groups excluding carboxylic acids is 1. The highest BCUT2D eigenvalue weighted by Gasteiger charge is 2.43. The molecule has 1 N–H and O–H groups in total. The number of likely N-dealkylation sites (N-methyl/N-ethyl adjacent to an activating group) is 1. The van der Waals surface area contributed by atoms with E-state index in [0.717, 1.165) is 32.5 Å². The lowest BCUT2D eigenvalue weighted by molar-refractivity contribution is -0.175. The number of aliphatic hydroxyl groups is 1. The van der Waals surface area contributed by atoms with Gasteiger partial charge >= 0.3 is 0 Å². The van der Waals surface area contributed by atoms with Crippen LogP contribution in [0.2, 0.25) is 0 Å². The van der Waals surface area contributed by atoms with Crippen molar-refractivity contribution in [1.82, 2.24) is 9.80 Å². The van der Waals surface area contributed by atoms with E-state index in [9.17, 15) is 9.90 Å². The second-order valence-corrected chi connectivity index (χ2v) is 9.47. The molecule has 0 aliphatic carbocycles. The monoisotopic (exact) mass is 454 g/mol. The maximum absolute atomic E-state index is 13.2. The molecule has 2 aliphatic rings. The third-order valence-electron chi connectivity index (χ3n) is 6.75. The summed E-state index contributed by atoms with van der Waals surface area (Å²) in [5.41, 5.74) is 2.22. The Kier molecular flexibility index (Phi) is 7.37. The fourth-order valence-electron chi connectivity index (χ4n) is 4.95. The molecule has 0 saturated carbocycles. The Balaban J connectivity index is 0.00000324. The second kappa shape index (κ2) is 10.2. The summed E-state index contributed by atoms with van der Waals surface area (Å²) in [5, 5.41) is 9.75. The SMILES string of the molecule is CCN1CC(c2ccccc2)OC2(CCN(C(=O)c3ccc(OC(C)C)c(CO)c3)CC2)C1.[HH]. The van der Waals surface area contributed by atoms with Gasteiger partial charge in [0.25, 0.3) is 5.91 Å². The van der Waals surface area contributed by atoms with Crippen molar-refractivity contribution >= 4 is 5.91 Å². The number of aliphatic hydroxyl groups excluding tert-OH is 1. The number of carbonyl (C=O) groups is 1. The van der Waals surface area contributed by atoms with Crippen molar-refractivity contribution in [1.29, 1.82) is 0 Å². The normalized spacial score (nSPS) is 20.9. The predicted molar refractivity (Wildman–Crippen MR) is 130 cm³/mol. The van der Waals surface area contributed by atoms with E-state index in [1.807, 2.05) is 24.8 Å². The molecule has 6 nitrogen and oxygen atoms in total. The highest BCUT2D eigenvalue weighted by molar-refractivity contribution is 5.94. The van der Waals surface area contributed by atoms with Crippen LogP contribution < -0.4 is 4.74 Å². The van der Waals surface area contributed by atoms with Gasteiger partial charge in [-0.1, -0.05) is 37.3 Å². The molecule has 0 bridgehead atoms. The quantitative estimate of drug-likeness (QED) is 0.706. The van der Waals surface area contributed by atoms with Gasteiger partial charge in [0.2, 0.25) is 0 Å². The Labute approximate surface area is 198 Å². The lowest BCUT2D eigenvalue weighted by Gasteiger charge is -2.50. The summed E-state index contributed by atoms with van der Waals surface area (Å²) in [6, 6.07) is 15.8. The van der Waals surface area contributed by atoms with Gasteiger partial charge in [-0.3, -0.25) is 9.69 Å². The highest BCUT2D eigenvalue weighted by Crippen LogP contribution is 2.38. The van der Waals surface area contributed by atoms with E-state index in [4.69, 9.17) is 9.47 Å². The fourth-order valence-corrected chi connectivity index (χ4v) is 4.95. The van der Waals surface area contributed by atoms with Gasteiger partial charge in [-0.25, -0.2) is 0 Å². The number of morpholine rings is 1. The van der Waals surface area contributed by atoms with Crippen LogP contribution >= 0.6 is 0 Å². The summed E-state index contributed by atoms with van der Waals surface area (Å²) in [6.07, 6.45) is 1.70. The van der Waals surface area contributed by atoms with Crippen molar-refractivity contribution in [2.45, 2.75) is 58.0 Å². The van der Waals surface area contributed by atoms with Crippen molar-refractivity contribution in [3.8, 4) is 5.75 Å². The molecule has 180 valence electrons. The molecule has 2 aromatic carbocycles. The van der Waals surface area contributed by atoms with Crippen LogP contribution in [0.5, 0.6) is 5.75 Å². The van der Waals surface area contributed by atoms with Crippen LogP contribution in [0.15, 0.2) is 48.5 Å². The summed E-state index contributed by atoms with van der Waals surface area (Å²) in [6.45, 7) is 10.1. The maximum atomic E-state index is 13.2. The number of amides is 1. The number of piperidine rings is 1. The van der Waals surface area contributed by atoms with E-state index >= 15 is 0 Å². The Hall–Kier alpha value is -2.41. The number of nitrogens with zero attached hydrogens (tertiary/aromatic N) is 2. The first-order valence-electron chi connectivity index (χ1n) is 12.1. The van der Waals surface area contributed by atoms with E-state index in [0.29, 0.717) is 30.0 Å². The third-order valence-corrected chi connectivity index (χ3v) is 6.75. The topological polar surface area (TPSA) is 62.2 Å². The number of rotatable bonds is 6. The number of benzene rings is 2. The molecule has 0 radical (unpaired) electrons. The van der Waals surface area contributed by atoms with Crippen LogP contribution in [0.25, 0.3) is 0 Å². The van der Waals surface area contributed by atoms with Gasteiger partial charge in [0.15, 0.2) is 0 Å². The molecule has 1 spiro atoms. The zero-order chi connectivity index (χ0) is 23.4. The van der Waals surface area contributed by atoms with E-state index in [1.54, 1.807) is 18.2 Å². The van der Waals surface area contributed by atoms with Crippen molar-refractivity contribution in [3.05, 3.63) is 65.2 Å². The van der Waals surface area contributed by atoms with Gasteiger partial charge in [-0.05, 0) is 57.0 Å². The fraction of sp³-hybridized carbons (Fsp3) is 0.519. The predicted octanol–water partition coefficient (Wildman–Crippen LogP) is 4.28. The molecule has 1 unspecified atom stereocenters. The number of hydrogen-bond donors (Lipinski definition) is 1. The second-order valence-electron chi connectivity index (χ2n) is 9.47. The average Bonchev–Trinajstić information content (AvgIpc) is 2.84. The summed E-state index contributed by atoms with van der Waals surface area (Å²) < 4.78 is 12.5. The molecule has 6 heteroatoms. The molecule has 2 aromatic rings. The third kappa shape index (κ3) is 5.40. The minimum atomic E-state index is -0.225. The van der Waals surface area contributed by atoms with E-state index < -0.39 is 0 Å². The zero-order valence-corrected chi connectivity index (χ0v) is 20.0. The minimum absolute atomic E-state index is 0. The first-order valence-corrected chi connectivity index (χ1v) is 12.1. The smallest absolute Gasteiger partial charge is 0.253 e. The van der Waals surface area contributed by atoms with E-state index in [-0.39, 0.29) is 31.7 Å². The van der Waals surface area contributed by atoms with E-state index in [2.05, 4.69) is 36.1 Å². The molecule has 2 aliphatic heterocycles. The van der Waals surface area contributed by atoms with Crippen LogP contribution in [0.1, 0.15) is 62.6 Å². The first kappa shape index (κ1) is 23.7. The molecular formula is C27H38N2O4. The largest absolute Gasteiger partial charge is 0.491 e. The standard InChI is InChI=1S/C27H36N2O4.H2/c1-4-28-17-25(21-8-6-5-7-9-21)33-27(19-28)12-14-29(15-13-27)26(31)22-10-11-24(32-20(2)3)23(16-22)18-30;/h5-11,16,20,25,30H,4,12-15,17-19H2,1-3H3;1H. The molecule has 0 aromatic heterocycles. The van der Waals surface area contributed by atoms with Crippen molar-refractivity contribution in [2.75, 3.05) is 32.7 Å². The van der Waals surface area contributed by atoms with Crippen LogP contribution in [0.4, 0.5) is 0 Å². The average molecular weight is 455 g/mol. The van der Waals surface area contributed by atoms with Gasteiger partial charge in [0.05, 0.1) is 24.4 Å². The molecule has 33 heavy (non-hydrogen) atoms. The Morgan fingerprint density at radius 1 is 1.21 bits per heavy atom. The van der Waals surface area contributed by atoms with Crippen LogP contribution in [-0.4, -0.2) is 65.2 Å². The molecule has 4 rings (SSSR count). The van der Waals surface area contributed by atoms with Crippen molar-refractivity contribution < 1.29 is 20.8 Å². The molecule has 1 atom stereocenters. The number of ether oxygens (including phenoxy) is 2. The lowest BCUT2D eigenvalue weighted by Crippen LogP contribution is -2.58. The number of likely N-dealkylation sites (tertiary alicyclic amines) is 1. The molecule has 2 fully saturated rings.